The van der Waals surface area contributed by atoms with Gasteiger partial charge in [-0.1, -0.05) is 13.0 Å². The average Bonchev–Trinajstić information content (AvgIpc) is 2.50. The second kappa shape index (κ2) is 3.45. The first kappa shape index (κ1) is 9.26. The van der Waals surface area contributed by atoms with Crippen molar-refractivity contribution >= 4 is 0 Å². The molecule has 2 aliphatic rings. The summed E-state index contributed by atoms with van der Waals surface area (Å²) in [7, 11) is 0. The lowest BCUT2D eigenvalue weighted by Gasteiger charge is -2.32. The van der Waals surface area contributed by atoms with Crippen molar-refractivity contribution in [3.8, 4) is 0 Å². The van der Waals surface area contributed by atoms with Crippen LogP contribution in [0.5, 0.6) is 0 Å². The van der Waals surface area contributed by atoms with E-state index in [1.165, 1.54) is 37.7 Å². The molecular formula is C12H20O. The fourth-order valence-electron chi connectivity index (χ4n) is 2.87. The van der Waals surface area contributed by atoms with Gasteiger partial charge in [0.15, 0.2) is 0 Å². The maximum atomic E-state index is 10.5. The Hall–Kier alpha value is -0.300. The number of allylic oxidation sites excluding steroid dienone is 1. The molecule has 1 nitrogen and oxygen atoms in total. The molecule has 2 unspecified atom stereocenters. The SMILES string of the molecule is CC1CCCC1(O)C1=CCCCC1. The zero-order valence-electron chi connectivity index (χ0n) is 8.55. The molecule has 0 aromatic carbocycles. The van der Waals surface area contributed by atoms with Crippen LogP contribution in [0.2, 0.25) is 0 Å². The maximum Gasteiger partial charge on any atom is 0.0882 e. The Kier molecular flexibility index (Phi) is 2.46. The van der Waals surface area contributed by atoms with Crippen molar-refractivity contribution in [2.24, 2.45) is 5.92 Å². The third-order valence-electron chi connectivity index (χ3n) is 3.86. The van der Waals surface area contributed by atoms with Crippen molar-refractivity contribution in [3.63, 3.8) is 0 Å². The zero-order valence-corrected chi connectivity index (χ0v) is 8.55. The highest BCUT2D eigenvalue weighted by atomic mass is 16.3. The van der Waals surface area contributed by atoms with Crippen molar-refractivity contribution in [2.45, 2.75) is 57.5 Å². The summed E-state index contributed by atoms with van der Waals surface area (Å²) in [5.41, 5.74) is 0.934. The van der Waals surface area contributed by atoms with E-state index in [2.05, 4.69) is 13.0 Å². The first-order valence-electron chi connectivity index (χ1n) is 5.65. The molecule has 0 saturated heterocycles. The fourth-order valence-corrected chi connectivity index (χ4v) is 2.87. The summed E-state index contributed by atoms with van der Waals surface area (Å²) < 4.78 is 0. The second-order valence-electron chi connectivity index (χ2n) is 4.69. The first-order chi connectivity index (χ1) is 6.23. The molecule has 13 heavy (non-hydrogen) atoms. The van der Waals surface area contributed by atoms with Crippen molar-refractivity contribution in [3.05, 3.63) is 11.6 Å². The van der Waals surface area contributed by atoms with E-state index in [-0.39, 0.29) is 0 Å². The van der Waals surface area contributed by atoms with Gasteiger partial charge < -0.3 is 5.11 Å². The van der Waals surface area contributed by atoms with Crippen LogP contribution in [0, 0.1) is 5.92 Å². The normalized spacial score (nSPS) is 40.5. The van der Waals surface area contributed by atoms with Gasteiger partial charge in [0.1, 0.15) is 0 Å². The molecule has 2 atom stereocenters. The Labute approximate surface area is 80.8 Å². The molecule has 1 fully saturated rings. The van der Waals surface area contributed by atoms with Crippen LogP contribution in [-0.4, -0.2) is 10.7 Å². The smallest absolute Gasteiger partial charge is 0.0882 e. The van der Waals surface area contributed by atoms with Gasteiger partial charge in [-0.05, 0) is 56.4 Å². The van der Waals surface area contributed by atoms with Gasteiger partial charge in [0.05, 0.1) is 5.60 Å². The molecule has 2 aliphatic carbocycles. The largest absolute Gasteiger partial charge is 0.385 e. The summed E-state index contributed by atoms with van der Waals surface area (Å²) in [5.74, 6) is 0.483. The predicted molar refractivity (Wildman–Crippen MR) is 54.5 cm³/mol. The van der Waals surface area contributed by atoms with Crippen LogP contribution in [0.4, 0.5) is 0 Å². The van der Waals surface area contributed by atoms with E-state index in [0.717, 1.165) is 12.8 Å². The van der Waals surface area contributed by atoms with E-state index in [1.54, 1.807) is 0 Å². The van der Waals surface area contributed by atoms with Crippen LogP contribution in [0.1, 0.15) is 51.9 Å². The standard InChI is InChI=1S/C12H20O/c1-10-6-5-9-12(10,13)11-7-3-2-4-8-11/h7,10,13H,2-6,8-9H2,1H3. The van der Waals surface area contributed by atoms with Crippen LogP contribution in [0.25, 0.3) is 0 Å². The highest BCUT2D eigenvalue weighted by molar-refractivity contribution is 5.21. The molecule has 0 bridgehead atoms. The molecule has 1 heteroatoms. The lowest BCUT2D eigenvalue weighted by Crippen LogP contribution is -2.34. The summed E-state index contributed by atoms with van der Waals surface area (Å²) in [5, 5.41) is 10.5. The van der Waals surface area contributed by atoms with Gasteiger partial charge >= 0.3 is 0 Å². The van der Waals surface area contributed by atoms with Gasteiger partial charge in [-0.15, -0.1) is 0 Å². The van der Waals surface area contributed by atoms with Gasteiger partial charge in [0, 0.05) is 0 Å². The monoisotopic (exact) mass is 180 g/mol. The van der Waals surface area contributed by atoms with Crippen LogP contribution in [-0.2, 0) is 0 Å². The lowest BCUT2D eigenvalue weighted by atomic mass is 9.79. The number of hydrogen-bond acceptors (Lipinski definition) is 1. The summed E-state index contributed by atoms with van der Waals surface area (Å²) >= 11 is 0. The molecule has 0 aliphatic heterocycles. The Morgan fingerprint density at radius 1 is 1.38 bits per heavy atom. The topological polar surface area (TPSA) is 20.2 Å². The van der Waals surface area contributed by atoms with E-state index in [0.29, 0.717) is 5.92 Å². The molecular weight excluding hydrogens is 160 g/mol. The van der Waals surface area contributed by atoms with E-state index in [1.807, 2.05) is 0 Å². The van der Waals surface area contributed by atoms with Crippen molar-refractivity contribution in [2.75, 3.05) is 0 Å². The van der Waals surface area contributed by atoms with Gasteiger partial charge in [0.25, 0.3) is 0 Å². The predicted octanol–water partition coefficient (Wildman–Crippen LogP) is 3.04. The van der Waals surface area contributed by atoms with Crippen LogP contribution in [0.15, 0.2) is 11.6 Å². The number of hydrogen-bond donors (Lipinski definition) is 1. The molecule has 0 aromatic rings. The minimum atomic E-state index is -0.416. The third kappa shape index (κ3) is 1.54. The molecule has 1 saturated carbocycles. The lowest BCUT2D eigenvalue weighted by molar-refractivity contribution is 0.0413. The van der Waals surface area contributed by atoms with Crippen LogP contribution >= 0.6 is 0 Å². The highest BCUT2D eigenvalue weighted by Crippen LogP contribution is 2.43. The summed E-state index contributed by atoms with van der Waals surface area (Å²) in [6.45, 7) is 2.20. The number of aliphatic hydroxyl groups is 1. The molecule has 1 N–H and O–H groups in total. The molecule has 0 spiro atoms. The van der Waals surface area contributed by atoms with Crippen molar-refractivity contribution in [1.29, 1.82) is 0 Å². The van der Waals surface area contributed by atoms with E-state index in [4.69, 9.17) is 0 Å². The number of rotatable bonds is 1. The quantitative estimate of drug-likeness (QED) is 0.615. The van der Waals surface area contributed by atoms with Gasteiger partial charge in [-0.2, -0.15) is 0 Å². The molecule has 0 heterocycles. The van der Waals surface area contributed by atoms with Crippen LogP contribution in [0.3, 0.4) is 0 Å². The Balaban J connectivity index is 2.17. The molecule has 74 valence electrons. The van der Waals surface area contributed by atoms with E-state index in [9.17, 15) is 5.11 Å². The van der Waals surface area contributed by atoms with Crippen molar-refractivity contribution in [1.82, 2.24) is 0 Å². The average molecular weight is 180 g/mol. The van der Waals surface area contributed by atoms with Gasteiger partial charge in [0.2, 0.25) is 0 Å². The Morgan fingerprint density at radius 3 is 2.77 bits per heavy atom. The van der Waals surface area contributed by atoms with Crippen LogP contribution < -0.4 is 0 Å². The molecule has 0 aromatic heterocycles. The summed E-state index contributed by atoms with van der Waals surface area (Å²) in [6, 6.07) is 0. The fraction of sp³-hybridized carbons (Fsp3) is 0.833. The summed E-state index contributed by atoms with van der Waals surface area (Å²) in [4.78, 5) is 0. The minimum absolute atomic E-state index is 0.416. The van der Waals surface area contributed by atoms with E-state index < -0.39 is 5.60 Å². The third-order valence-corrected chi connectivity index (χ3v) is 3.86. The summed E-state index contributed by atoms with van der Waals surface area (Å²) in [6.07, 6.45) is 10.6. The molecule has 0 amide bonds. The second-order valence-corrected chi connectivity index (χ2v) is 4.69. The van der Waals surface area contributed by atoms with Crippen molar-refractivity contribution < 1.29 is 5.11 Å². The Morgan fingerprint density at radius 2 is 2.23 bits per heavy atom. The first-order valence-corrected chi connectivity index (χ1v) is 5.65. The zero-order chi connectivity index (χ0) is 9.31. The Bertz CT molecular complexity index is 219. The highest BCUT2D eigenvalue weighted by Gasteiger charge is 2.41. The molecule has 0 radical (unpaired) electrons. The van der Waals surface area contributed by atoms with Gasteiger partial charge in [-0.3, -0.25) is 0 Å². The van der Waals surface area contributed by atoms with Gasteiger partial charge in [-0.25, -0.2) is 0 Å². The molecule has 2 rings (SSSR count). The maximum absolute atomic E-state index is 10.5. The minimum Gasteiger partial charge on any atom is -0.385 e. The van der Waals surface area contributed by atoms with E-state index >= 15 is 0 Å².